The van der Waals surface area contributed by atoms with Crippen LogP contribution in [0.2, 0.25) is 0 Å². The lowest BCUT2D eigenvalue weighted by molar-refractivity contribution is -0.121. The second-order valence-corrected chi connectivity index (χ2v) is 9.23. The summed E-state index contributed by atoms with van der Waals surface area (Å²) < 4.78 is 35.9. The van der Waals surface area contributed by atoms with E-state index in [1.165, 1.54) is 12.1 Å². The fraction of sp³-hybridized carbons (Fsp3) is 0.632. The summed E-state index contributed by atoms with van der Waals surface area (Å²) in [5.74, 6) is 0.684. The van der Waals surface area contributed by atoms with Crippen LogP contribution in [0.4, 0.5) is 4.39 Å². The van der Waals surface area contributed by atoms with E-state index in [1.54, 1.807) is 12.1 Å². The Morgan fingerprint density at radius 2 is 2.04 bits per heavy atom. The maximum absolute atomic E-state index is 13.1. The molecule has 1 aromatic rings. The Morgan fingerprint density at radius 3 is 2.64 bits per heavy atom. The van der Waals surface area contributed by atoms with E-state index in [0.29, 0.717) is 24.5 Å². The predicted molar refractivity (Wildman–Crippen MR) is 97.7 cm³/mol. The number of carbonyl (C=O) groups is 1. The molecule has 1 aliphatic rings. The molecular weight excluding hydrogens is 341 g/mol. The molecule has 1 saturated heterocycles. The Kier molecular flexibility index (Phi) is 7.41. The first-order valence-corrected chi connectivity index (χ1v) is 10.9. The normalized spacial score (nSPS) is 20.3. The third-order valence-electron chi connectivity index (χ3n) is 4.85. The van der Waals surface area contributed by atoms with Crippen molar-refractivity contribution in [3.05, 3.63) is 35.6 Å². The average molecular weight is 370 g/mol. The maximum atomic E-state index is 13.1. The largest absolute Gasteiger partial charge is 0.356 e. The maximum Gasteiger partial charge on any atom is 0.220 e. The number of hydrogen-bond acceptors (Lipinski definition) is 3. The molecular formula is C19H28FNO3S. The highest BCUT2D eigenvalue weighted by Crippen LogP contribution is 2.25. The molecule has 140 valence electrons. The molecule has 0 bridgehead atoms. The monoisotopic (exact) mass is 369 g/mol. The van der Waals surface area contributed by atoms with Gasteiger partial charge in [0.2, 0.25) is 5.91 Å². The molecule has 4 nitrogen and oxygen atoms in total. The Bertz CT molecular complexity index is 658. The number of benzene rings is 1. The summed E-state index contributed by atoms with van der Waals surface area (Å²) in [6.07, 6.45) is 4.65. The summed E-state index contributed by atoms with van der Waals surface area (Å²) in [4.78, 5) is 12.2. The van der Waals surface area contributed by atoms with Crippen LogP contribution in [0.25, 0.3) is 0 Å². The SMILES string of the molecule is CCCC(CC(=O)NCCCC1CCS(=O)(=O)C1)c1ccc(F)cc1. The van der Waals surface area contributed by atoms with Gasteiger partial charge in [0.1, 0.15) is 5.82 Å². The lowest BCUT2D eigenvalue weighted by atomic mass is 9.91. The highest BCUT2D eigenvalue weighted by Gasteiger charge is 2.27. The molecule has 2 unspecified atom stereocenters. The van der Waals surface area contributed by atoms with Crippen LogP contribution in [0.15, 0.2) is 24.3 Å². The molecule has 1 aromatic carbocycles. The van der Waals surface area contributed by atoms with Crippen molar-refractivity contribution < 1.29 is 17.6 Å². The van der Waals surface area contributed by atoms with E-state index < -0.39 is 9.84 Å². The fourth-order valence-electron chi connectivity index (χ4n) is 3.48. The molecule has 6 heteroatoms. The number of halogens is 1. The van der Waals surface area contributed by atoms with Crippen molar-refractivity contribution in [1.82, 2.24) is 5.32 Å². The molecule has 1 heterocycles. The molecule has 1 aliphatic heterocycles. The first kappa shape index (κ1) is 19.9. The summed E-state index contributed by atoms with van der Waals surface area (Å²) in [6.45, 7) is 2.65. The van der Waals surface area contributed by atoms with Crippen LogP contribution in [0.1, 0.15) is 56.9 Å². The summed E-state index contributed by atoms with van der Waals surface area (Å²) in [7, 11) is -2.82. The molecule has 0 spiro atoms. The topological polar surface area (TPSA) is 63.2 Å². The molecule has 0 aromatic heterocycles. The Labute approximate surface area is 150 Å². The zero-order valence-electron chi connectivity index (χ0n) is 14.8. The van der Waals surface area contributed by atoms with Gasteiger partial charge in [-0.2, -0.15) is 0 Å². The van der Waals surface area contributed by atoms with Crippen molar-refractivity contribution in [3.8, 4) is 0 Å². The van der Waals surface area contributed by atoms with E-state index in [9.17, 15) is 17.6 Å². The number of carbonyl (C=O) groups excluding carboxylic acids is 1. The standard InChI is InChI=1S/C19H28FNO3S/c1-2-4-17(16-6-8-18(20)9-7-16)13-19(22)21-11-3-5-15-10-12-25(23,24)14-15/h6-9,15,17H,2-5,10-14H2,1H3,(H,21,22). The summed E-state index contributed by atoms with van der Waals surface area (Å²) in [6, 6.07) is 6.38. The summed E-state index contributed by atoms with van der Waals surface area (Å²) in [5.41, 5.74) is 0.995. The first-order valence-electron chi connectivity index (χ1n) is 9.12. The molecule has 1 fully saturated rings. The van der Waals surface area contributed by atoms with Crippen LogP contribution in [0.3, 0.4) is 0 Å². The van der Waals surface area contributed by atoms with Gasteiger partial charge in [-0.05, 0) is 55.2 Å². The van der Waals surface area contributed by atoms with Crippen LogP contribution in [-0.4, -0.2) is 32.4 Å². The van der Waals surface area contributed by atoms with Gasteiger partial charge >= 0.3 is 0 Å². The van der Waals surface area contributed by atoms with E-state index in [-0.39, 0.29) is 23.6 Å². The zero-order chi connectivity index (χ0) is 18.3. The van der Waals surface area contributed by atoms with Gasteiger partial charge in [0, 0.05) is 13.0 Å². The number of amides is 1. The fourth-order valence-corrected chi connectivity index (χ4v) is 5.39. The lowest BCUT2D eigenvalue weighted by Gasteiger charge is -2.16. The van der Waals surface area contributed by atoms with Crippen LogP contribution < -0.4 is 5.32 Å². The summed E-state index contributed by atoms with van der Waals surface area (Å²) in [5, 5.41) is 2.93. The van der Waals surface area contributed by atoms with Crippen LogP contribution in [0, 0.1) is 11.7 Å². The van der Waals surface area contributed by atoms with E-state index in [2.05, 4.69) is 12.2 Å². The van der Waals surface area contributed by atoms with Crippen molar-refractivity contribution in [2.45, 2.75) is 51.4 Å². The molecule has 0 saturated carbocycles. The predicted octanol–water partition coefficient (Wildman–Crippen LogP) is 3.43. The average Bonchev–Trinajstić information content (AvgIpc) is 2.91. The van der Waals surface area contributed by atoms with E-state index in [0.717, 1.165) is 37.7 Å². The van der Waals surface area contributed by atoms with E-state index in [1.807, 2.05) is 0 Å². The Hall–Kier alpha value is -1.43. The molecule has 2 rings (SSSR count). The van der Waals surface area contributed by atoms with Gasteiger partial charge in [0.25, 0.3) is 0 Å². The van der Waals surface area contributed by atoms with Crippen molar-refractivity contribution in [3.63, 3.8) is 0 Å². The van der Waals surface area contributed by atoms with Gasteiger partial charge in [-0.1, -0.05) is 25.5 Å². The lowest BCUT2D eigenvalue weighted by Crippen LogP contribution is -2.26. The number of nitrogens with one attached hydrogen (secondary N) is 1. The van der Waals surface area contributed by atoms with E-state index >= 15 is 0 Å². The molecule has 25 heavy (non-hydrogen) atoms. The quantitative estimate of drug-likeness (QED) is 0.678. The highest BCUT2D eigenvalue weighted by molar-refractivity contribution is 7.91. The van der Waals surface area contributed by atoms with Gasteiger partial charge in [-0.15, -0.1) is 0 Å². The third-order valence-corrected chi connectivity index (χ3v) is 6.69. The molecule has 1 N–H and O–H groups in total. The van der Waals surface area contributed by atoms with Crippen molar-refractivity contribution in [2.75, 3.05) is 18.1 Å². The first-order chi connectivity index (χ1) is 11.9. The van der Waals surface area contributed by atoms with Gasteiger partial charge in [-0.3, -0.25) is 4.79 Å². The highest BCUT2D eigenvalue weighted by atomic mass is 32.2. The van der Waals surface area contributed by atoms with Gasteiger partial charge in [-0.25, -0.2) is 12.8 Å². The molecule has 0 radical (unpaired) electrons. The second kappa shape index (κ2) is 9.32. The van der Waals surface area contributed by atoms with Crippen LogP contribution in [-0.2, 0) is 14.6 Å². The summed E-state index contributed by atoms with van der Waals surface area (Å²) >= 11 is 0. The Balaban J connectivity index is 1.73. The van der Waals surface area contributed by atoms with Crippen LogP contribution in [0.5, 0.6) is 0 Å². The van der Waals surface area contributed by atoms with Gasteiger partial charge < -0.3 is 5.32 Å². The molecule has 2 atom stereocenters. The minimum absolute atomic E-state index is 0.00168. The number of hydrogen-bond donors (Lipinski definition) is 1. The second-order valence-electron chi connectivity index (χ2n) is 7.00. The van der Waals surface area contributed by atoms with Crippen molar-refractivity contribution in [1.29, 1.82) is 0 Å². The van der Waals surface area contributed by atoms with E-state index in [4.69, 9.17) is 0 Å². The number of rotatable bonds is 9. The van der Waals surface area contributed by atoms with Gasteiger partial charge in [0.05, 0.1) is 11.5 Å². The minimum atomic E-state index is -2.82. The van der Waals surface area contributed by atoms with Crippen LogP contribution >= 0.6 is 0 Å². The molecule has 1 amide bonds. The number of sulfone groups is 1. The Morgan fingerprint density at radius 1 is 1.32 bits per heavy atom. The molecule has 0 aliphatic carbocycles. The van der Waals surface area contributed by atoms with Gasteiger partial charge in [0.15, 0.2) is 9.84 Å². The zero-order valence-corrected chi connectivity index (χ0v) is 15.7. The third kappa shape index (κ3) is 6.77. The minimum Gasteiger partial charge on any atom is -0.356 e. The van der Waals surface area contributed by atoms with Crippen molar-refractivity contribution >= 4 is 15.7 Å². The smallest absolute Gasteiger partial charge is 0.220 e. The van der Waals surface area contributed by atoms with Crippen molar-refractivity contribution in [2.24, 2.45) is 5.92 Å².